The summed E-state index contributed by atoms with van der Waals surface area (Å²) >= 11 is 0. The van der Waals surface area contributed by atoms with Crippen molar-refractivity contribution in [3.05, 3.63) is 47.9 Å². The van der Waals surface area contributed by atoms with E-state index in [1.807, 2.05) is 25.1 Å². The van der Waals surface area contributed by atoms with Crippen molar-refractivity contribution in [2.45, 2.75) is 37.6 Å². The van der Waals surface area contributed by atoms with Crippen LogP contribution in [-0.2, 0) is 23.0 Å². The Morgan fingerprint density at radius 2 is 1.83 bits per heavy atom. The van der Waals surface area contributed by atoms with Crippen LogP contribution in [0.4, 0.5) is 5.82 Å². The number of hydrogen-bond acceptors (Lipinski definition) is 5. The zero-order chi connectivity index (χ0) is 17.0. The average molecular weight is 346 g/mol. The summed E-state index contributed by atoms with van der Waals surface area (Å²) in [6.45, 7) is 4.10. The van der Waals surface area contributed by atoms with Crippen LogP contribution in [0.2, 0.25) is 0 Å². The van der Waals surface area contributed by atoms with E-state index in [1.54, 1.807) is 18.3 Å². The van der Waals surface area contributed by atoms with Gasteiger partial charge in [0.1, 0.15) is 11.6 Å². The van der Waals surface area contributed by atoms with Gasteiger partial charge in [-0.05, 0) is 43.0 Å². The maximum atomic E-state index is 12.4. The maximum Gasteiger partial charge on any atom is 0.240 e. The standard InChI is InChI=1S/C17H22N4O2S/c1-2-14-5-7-15(8-6-14)24(22,23)19-13-16-18-10-9-17(20-16)21-11-3-4-12-21/h5-10,19H,2-4,11-13H2,1H3. The fourth-order valence-electron chi connectivity index (χ4n) is 2.74. The Morgan fingerprint density at radius 1 is 1.12 bits per heavy atom. The van der Waals surface area contributed by atoms with Crippen LogP contribution >= 0.6 is 0 Å². The highest BCUT2D eigenvalue weighted by Crippen LogP contribution is 2.17. The second-order valence-electron chi connectivity index (χ2n) is 5.85. The summed E-state index contributed by atoms with van der Waals surface area (Å²) in [7, 11) is -3.56. The van der Waals surface area contributed by atoms with E-state index < -0.39 is 10.0 Å². The summed E-state index contributed by atoms with van der Waals surface area (Å²) in [5.41, 5.74) is 1.11. The van der Waals surface area contributed by atoms with Gasteiger partial charge >= 0.3 is 0 Å². The van der Waals surface area contributed by atoms with Crippen LogP contribution in [-0.4, -0.2) is 31.5 Å². The Bertz CT molecular complexity index is 784. The third kappa shape index (κ3) is 3.91. The molecule has 0 spiro atoms. The van der Waals surface area contributed by atoms with E-state index in [-0.39, 0.29) is 11.4 Å². The van der Waals surface area contributed by atoms with Gasteiger partial charge in [-0.1, -0.05) is 19.1 Å². The summed E-state index contributed by atoms with van der Waals surface area (Å²) in [5, 5.41) is 0. The first-order chi connectivity index (χ1) is 11.6. The first-order valence-corrected chi connectivity index (χ1v) is 9.72. The molecule has 24 heavy (non-hydrogen) atoms. The monoisotopic (exact) mass is 346 g/mol. The fourth-order valence-corrected chi connectivity index (χ4v) is 3.72. The molecule has 1 aromatic carbocycles. The molecule has 1 fully saturated rings. The van der Waals surface area contributed by atoms with E-state index in [2.05, 4.69) is 19.6 Å². The molecule has 0 aliphatic carbocycles. The predicted octanol–water partition coefficient (Wildman–Crippen LogP) is 2.12. The summed E-state index contributed by atoms with van der Waals surface area (Å²) in [6, 6.07) is 8.79. The van der Waals surface area contributed by atoms with Crippen LogP contribution in [0, 0.1) is 0 Å². The lowest BCUT2D eigenvalue weighted by Crippen LogP contribution is -2.25. The summed E-state index contributed by atoms with van der Waals surface area (Å²) in [6.07, 6.45) is 4.89. The molecule has 3 rings (SSSR count). The molecule has 0 radical (unpaired) electrons. The van der Waals surface area contributed by atoms with Crippen LogP contribution in [0.1, 0.15) is 31.2 Å². The third-order valence-electron chi connectivity index (χ3n) is 4.18. The quantitative estimate of drug-likeness (QED) is 0.867. The lowest BCUT2D eigenvalue weighted by atomic mass is 10.2. The SMILES string of the molecule is CCc1ccc(S(=O)(=O)NCc2nccc(N3CCCC3)n2)cc1. The molecule has 0 bridgehead atoms. The Labute approximate surface area is 143 Å². The Morgan fingerprint density at radius 3 is 2.50 bits per heavy atom. The Balaban J connectivity index is 1.68. The molecule has 1 N–H and O–H groups in total. The van der Waals surface area contributed by atoms with Gasteiger partial charge in [-0.15, -0.1) is 0 Å². The van der Waals surface area contributed by atoms with Crippen molar-refractivity contribution in [2.75, 3.05) is 18.0 Å². The highest BCUT2D eigenvalue weighted by Gasteiger charge is 2.16. The van der Waals surface area contributed by atoms with Gasteiger partial charge in [-0.25, -0.2) is 23.1 Å². The van der Waals surface area contributed by atoms with Crippen LogP contribution in [0.15, 0.2) is 41.4 Å². The Kier molecular flexibility index (Phi) is 5.11. The predicted molar refractivity (Wildman–Crippen MR) is 93.3 cm³/mol. The minimum atomic E-state index is -3.56. The zero-order valence-electron chi connectivity index (χ0n) is 13.8. The number of sulfonamides is 1. The number of anilines is 1. The smallest absolute Gasteiger partial charge is 0.240 e. The van der Waals surface area contributed by atoms with Gasteiger partial charge in [0.25, 0.3) is 0 Å². The molecule has 2 heterocycles. The number of rotatable bonds is 6. The number of aromatic nitrogens is 2. The molecular formula is C17H22N4O2S. The topological polar surface area (TPSA) is 75.2 Å². The molecule has 128 valence electrons. The largest absolute Gasteiger partial charge is 0.357 e. The zero-order valence-corrected chi connectivity index (χ0v) is 14.6. The van der Waals surface area contributed by atoms with Crippen LogP contribution in [0.5, 0.6) is 0 Å². The Hall–Kier alpha value is -1.99. The number of aryl methyl sites for hydroxylation is 1. The van der Waals surface area contributed by atoms with Gasteiger partial charge in [0.15, 0.2) is 0 Å². The van der Waals surface area contributed by atoms with E-state index in [0.29, 0.717) is 5.82 Å². The lowest BCUT2D eigenvalue weighted by Gasteiger charge is -2.16. The van der Waals surface area contributed by atoms with Gasteiger partial charge in [0.05, 0.1) is 11.4 Å². The molecule has 1 aliphatic heterocycles. The van der Waals surface area contributed by atoms with Gasteiger partial charge in [-0.2, -0.15) is 0 Å². The fraction of sp³-hybridized carbons (Fsp3) is 0.412. The number of nitrogens with zero attached hydrogens (tertiary/aromatic N) is 3. The lowest BCUT2D eigenvalue weighted by molar-refractivity contribution is 0.579. The molecule has 0 amide bonds. The molecule has 1 aliphatic rings. The second kappa shape index (κ2) is 7.27. The van der Waals surface area contributed by atoms with Crippen LogP contribution in [0.3, 0.4) is 0 Å². The molecule has 1 aromatic heterocycles. The summed E-state index contributed by atoms with van der Waals surface area (Å²) in [5.74, 6) is 1.34. The number of hydrogen-bond donors (Lipinski definition) is 1. The first-order valence-electron chi connectivity index (χ1n) is 8.24. The van der Waals surface area contributed by atoms with E-state index in [0.717, 1.165) is 30.9 Å². The first kappa shape index (κ1) is 16.9. The average Bonchev–Trinajstić information content (AvgIpc) is 3.15. The molecule has 0 saturated carbocycles. The molecule has 7 heteroatoms. The van der Waals surface area contributed by atoms with Gasteiger partial charge in [0, 0.05) is 19.3 Å². The van der Waals surface area contributed by atoms with Crippen LogP contribution < -0.4 is 9.62 Å². The molecule has 6 nitrogen and oxygen atoms in total. The minimum Gasteiger partial charge on any atom is -0.357 e. The van der Waals surface area contributed by atoms with E-state index >= 15 is 0 Å². The van der Waals surface area contributed by atoms with Crippen LogP contribution in [0.25, 0.3) is 0 Å². The highest BCUT2D eigenvalue weighted by atomic mass is 32.2. The number of benzene rings is 1. The molecule has 1 saturated heterocycles. The highest BCUT2D eigenvalue weighted by molar-refractivity contribution is 7.89. The molecule has 0 atom stereocenters. The molecular weight excluding hydrogens is 324 g/mol. The van der Waals surface area contributed by atoms with E-state index in [4.69, 9.17) is 0 Å². The number of nitrogens with one attached hydrogen (secondary N) is 1. The van der Waals surface area contributed by atoms with Crippen molar-refractivity contribution < 1.29 is 8.42 Å². The van der Waals surface area contributed by atoms with Crippen molar-refractivity contribution in [2.24, 2.45) is 0 Å². The minimum absolute atomic E-state index is 0.0829. The molecule has 2 aromatic rings. The summed E-state index contributed by atoms with van der Waals surface area (Å²) in [4.78, 5) is 11.1. The van der Waals surface area contributed by atoms with Crippen molar-refractivity contribution in [3.8, 4) is 0 Å². The van der Waals surface area contributed by atoms with Gasteiger partial charge in [-0.3, -0.25) is 0 Å². The van der Waals surface area contributed by atoms with Crippen molar-refractivity contribution in [1.29, 1.82) is 0 Å². The van der Waals surface area contributed by atoms with E-state index in [1.165, 1.54) is 12.8 Å². The normalized spacial score (nSPS) is 15.0. The van der Waals surface area contributed by atoms with Gasteiger partial charge < -0.3 is 4.90 Å². The van der Waals surface area contributed by atoms with Crippen molar-refractivity contribution in [3.63, 3.8) is 0 Å². The second-order valence-corrected chi connectivity index (χ2v) is 7.61. The van der Waals surface area contributed by atoms with Gasteiger partial charge in [0.2, 0.25) is 10.0 Å². The van der Waals surface area contributed by atoms with Crippen molar-refractivity contribution in [1.82, 2.24) is 14.7 Å². The molecule has 0 unspecified atom stereocenters. The van der Waals surface area contributed by atoms with Crippen molar-refractivity contribution >= 4 is 15.8 Å². The van der Waals surface area contributed by atoms with E-state index in [9.17, 15) is 8.42 Å². The maximum absolute atomic E-state index is 12.4. The summed E-state index contributed by atoms with van der Waals surface area (Å²) < 4.78 is 27.3. The third-order valence-corrected chi connectivity index (χ3v) is 5.60.